The molecule has 29 heavy (non-hydrogen) atoms. The first kappa shape index (κ1) is 21.7. The molecule has 0 aliphatic carbocycles. The smallest absolute Gasteiger partial charge is 0.253 e. The third kappa shape index (κ3) is 5.53. The van der Waals surface area contributed by atoms with E-state index in [0.29, 0.717) is 21.4 Å². The second-order valence-electron chi connectivity index (χ2n) is 6.58. The third-order valence-electron chi connectivity index (χ3n) is 4.27. The summed E-state index contributed by atoms with van der Waals surface area (Å²) in [7, 11) is 0. The lowest BCUT2D eigenvalue weighted by molar-refractivity contribution is 0.0950. The Kier molecular flexibility index (Phi) is 7.58. The van der Waals surface area contributed by atoms with E-state index in [4.69, 9.17) is 23.2 Å². The molecular formula is C21H22Cl2N4OS. The number of carbonyl (C=O) groups excluding carboxylic acids is 1. The minimum Gasteiger partial charge on any atom is -0.345 e. The molecular weight excluding hydrogens is 427 g/mol. The zero-order chi connectivity index (χ0) is 20.8. The molecule has 8 heteroatoms. The van der Waals surface area contributed by atoms with Gasteiger partial charge in [-0.2, -0.15) is 0 Å². The van der Waals surface area contributed by atoms with Gasteiger partial charge in [-0.25, -0.2) is 0 Å². The molecule has 0 bridgehead atoms. The van der Waals surface area contributed by atoms with Crippen molar-refractivity contribution in [3.63, 3.8) is 0 Å². The number of halogens is 2. The first-order valence-corrected chi connectivity index (χ1v) is 11.1. The molecule has 0 spiro atoms. The highest BCUT2D eigenvalue weighted by Crippen LogP contribution is 2.24. The molecule has 1 aromatic heterocycles. The minimum atomic E-state index is -0.309. The summed E-state index contributed by atoms with van der Waals surface area (Å²) in [4.78, 5) is 12.6. The molecule has 1 N–H and O–H groups in total. The highest BCUT2D eigenvalue weighted by Gasteiger charge is 2.17. The number of amides is 1. The van der Waals surface area contributed by atoms with Crippen molar-refractivity contribution in [1.29, 1.82) is 0 Å². The summed E-state index contributed by atoms with van der Waals surface area (Å²) in [5.74, 6) is 1.31. The minimum absolute atomic E-state index is 0.219. The van der Waals surface area contributed by atoms with E-state index < -0.39 is 0 Å². The highest BCUT2D eigenvalue weighted by molar-refractivity contribution is 7.99. The van der Waals surface area contributed by atoms with Gasteiger partial charge in [0.05, 0.1) is 17.1 Å². The van der Waals surface area contributed by atoms with Crippen LogP contribution in [0.2, 0.25) is 10.0 Å². The second-order valence-corrected chi connectivity index (χ2v) is 8.49. The predicted molar refractivity (Wildman–Crippen MR) is 119 cm³/mol. The monoisotopic (exact) mass is 448 g/mol. The molecule has 0 radical (unpaired) electrons. The van der Waals surface area contributed by atoms with Gasteiger partial charge in [0.25, 0.3) is 5.91 Å². The molecule has 0 fully saturated rings. The van der Waals surface area contributed by atoms with Gasteiger partial charge >= 0.3 is 0 Å². The van der Waals surface area contributed by atoms with Crippen molar-refractivity contribution in [2.45, 2.75) is 38.4 Å². The lowest BCUT2D eigenvalue weighted by atomic mass is 10.2. The molecule has 2 aromatic carbocycles. The molecule has 0 unspecified atom stereocenters. The number of nitrogens with one attached hydrogen (secondary N) is 1. The summed E-state index contributed by atoms with van der Waals surface area (Å²) in [6, 6.07) is 12.9. The Balaban J connectivity index is 1.84. The van der Waals surface area contributed by atoms with Gasteiger partial charge in [-0.05, 0) is 49.2 Å². The van der Waals surface area contributed by atoms with Crippen LogP contribution >= 0.6 is 35.0 Å². The number of hydrogen-bond acceptors (Lipinski definition) is 4. The molecule has 1 amide bonds. The first-order valence-electron chi connectivity index (χ1n) is 9.37. The molecule has 0 aliphatic rings. The summed E-state index contributed by atoms with van der Waals surface area (Å²) < 4.78 is 1.99. The standard InChI is InChI=1S/C21H22Cl2N4OS/c1-3-4-10-29-21-26-25-19(27(21)16-7-5-6-14(2)11-16)13-24-20(28)17-12-15(22)8-9-18(17)23/h5-9,11-12H,3-4,10,13H2,1-2H3,(H,24,28). The maximum absolute atomic E-state index is 12.6. The van der Waals surface area contributed by atoms with Gasteiger partial charge in [0.2, 0.25) is 0 Å². The van der Waals surface area contributed by atoms with Crippen LogP contribution in [0, 0.1) is 6.92 Å². The summed E-state index contributed by atoms with van der Waals surface area (Å²) in [5, 5.41) is 13.2. The Hall–Kier alpha value is -2.02. The predicted octanol–water partition coefficient (Wildman–Crippen LogP) is 5.70. The molecule has 5 nitrogen and oxygen atoms in total. The number of carbonyl (C=O) groups is 1. The van der Waals surface area contributed by atoms with E-state index >= 15 is 0 Å². The van der Waals surface area contributed by atoms with Crippen LogP contribution in [0.1, 0.15) is 41.5 Å². The van der Waals surface area contributed by atoms with Crippen LogP contribution in [0.25, 0.3) is 5.69 Å². The lowest BCUT2D eigenvalue weighted by Gasteiger charge is -2.12. The first-order chi connectivity index (χ1) is 14.0. The number of hydrogen-bond donors (Lipinski definition) is 1. The van der Waals surface area contributed by atoms with Gasteiger partial charge in [-0.15, -0.1) is 10.2 Å². The Morgan fingerprint density at radius 3 is 2.76 bits per heavy atom. The average molecular weight is 449 g/mol. The maximum atomic E-state index is 12.6. The number of aromatic nitrogens is 3. The Morgan fingerprint density at radius 2 is 2.00 bits per heavy atom. The van der Waals surface area contributed by atoms with Crippen molar-refractivity contribution in [3.8, 4) is 5.69 Å². The van der Waals surface area contributed by atoms with Crippen molar-refractivity contribution in [2.24, 2.45) is 0 Å². The van der Waals surface area contributed by atoms with E-state index in [1.165, 1.54) is 0 Å². The van der Waals surface area contributed by atoms with Crippen molar-refractivity contribution in [1.82, 2.24) is 20.1 Å². The molecule has 3 aromatic rings. The molecule has 0 saturated heterocycles. The topological polar surface area (TPSA) is 59.8 Å². The van der Waals surface area contributed by atoms with Crippen molar-refractivity contribution >= 4 is 40.9 Å². The SMILES string of the molecule is CCCCSc1nnc(CNC(=O)c2cc(Cl)ccc2Cl)n1-c1cccc(C)c1. The van der Waals surface area contributed by atoms with Crippen molar-refractivity contribution in [3.05, 3.63) is 69.5 Å². The van der Waals surface area contributed by atoms with Gasteiger partial charge in [-0.1, -0.05) is 60.4 Å². The Labute approximate surface area is 184 Å². The number of nitrogens with zero attached hydrogens (tertiary/aromatic N) is 3. The van der Waals surface area contributed by atoms with E-state index in [2.05, 4.69) is 28.5 Å². The van der Waals surface area contributed by atoms with Crippen LogP contribution in [0.4, 0.5) is 0 Å². The van der Waals surface area contributed by atoms with Crippen molar-refractivity contribution in [2.75, 3.05) is 5.75 Å². The number of unbranched alkanes of at least 4 members (excludes halogenated alkanes) is 1. The number of aryl methyl sites for hydroxylation is 1. The largest absolute Gasteiger partial charge is 0.345 e. The van der Waals surface area contributed by atoms with E-state index in [0.717, 1.165) is 35.0 Å². The number of rotatable bonds is 8. The van der Waals surface area contributed by atoms with Gasteiger partial charge in [0.15, 0.2) is 11.0 Å². The normalized spacial score (nSPS) is 10.9. The van der Waals surface area contributed by atoms with Gasteiger partial charge in [0, 0.05) is 16.5 Å². The third-order valence-corrected chi connectivity index (χ3v) is 5.85. The number of benzene rings is 2. The highest BCUT2D eigenvalue weighted by atomic mass is 35.5. The average Bonchev–Trinajstić information content (AvgIpc) is 3.11. The lowest BCUT2D eigenvalue weighted by Crippen LogP contribution is -2.25. The Bertz CT molecular complexity index is 1010. The molecule has 0 saturated carbocycles. The van der Waals surface area contributed by atoms with Gasteiger partial charge < -0.3 is 5.32 Å². The van der Waals surface area contributed by atoms with Crippen molar-refractivity contribution < 1.29 is 4.79 Å². The fourth-order valence-electron chi connectivity index (χ4n) is 2.77. The number of thioether (sulfide) groups is 1. The van der Waals surface area contributed by atoms with Crippen LogP contribution in [-0.2, 0) is 6.54 Å². The van der Waals surface area contributed by atoms with Crippen LogP contribution in [0.3, 0.4) is 0 Å². The summed E-state index contributed by atoms with van der Waals surface area (Å²) in [6.07, 6.45) is 2.22. The zero-order valence-corrected chi connectivity index (χ0v) is 18.6. The van der Waals surface area contributed by atoms with Gasteiger partial charge in [0.1, 0.15) is 0 Å². The van der Waals surface area contributed by atoms with Crippen LogP contribution in [0.5, 0.6) is 0 Å². The summed E-state index contributed by atoms with van der Waals surface area (Å²) in [5.41, 5.74) is 2.44. The van der Waals surface area contributed by atoms with E-state index in [-0.39, 0.29) is 12.5 Å². The maximum Gasteiger partial charge on any atom is 0.253 e. The molecule has 152 valence electrons. The summed E-state index contributed by atoms with van der Waals surface area (Å²) >= 11 is 13.8. The second kappa shape index (κ2) is 10.1. The van der Waals surface area contributed by atoms with E-state index in [9.17, 15) is 4.79 Å². The van der Waals surface area contributed by atoms with E-state index in [1.54, 1.807) is 30.0 Å². The zero-order valence-electron chi connectivity index (χ0n) is 16.3. The Morgan fingerprint density at radius 1 is 1.17 bits per heavy atom. The fourth-order valence-corrected chi connectivity index (χ4v) is 4.20. The molecule has 1 heterocycles. The van der Waals surface area contributed by atoms with E-state index in [1.807, 2.05) is 29.7 Å². The summed E-state index contributed by atoms with van der Waals surface area (Å²) in [6.45, 7) is 4.42. The fraction of sp³-hybridized carbons (Fsp3) is 0.286. The molecule has 3 rings (SSSR count). The quantitative estimate of drug-likeness (QED) is 0.354. The molecule has 0 atom stereocenters. The van der Waals surface area contributed by atoms with Crippen LogP contribution in [-0.4, -0.2) is 26.4 Å². The van der Waals surface area contributed by atoms with Crippen LogP contribution < -0.4 is 5.32 Å². The van der Waals surface area contributed by atoms with Crippen LogP contribution in [0.15, 0.2) is 47.6 Å². The van der Waals surface area contributed by atoms with Gasteiger partial charge in [-0.3, -0.25) is 9.36 Å². The molecule has 0 aliphatic heterocycles.